The van der Waals surface area contributed by atoms with Gasteiger partial charge in [-0.15, -0.1) is 4.83 Å². The molecule has 8 heteroatoms. The molecule has 2 aromatic rings. The summed E-state index contributed by atoms with van der Waals surface area (Å²) in [4.78, 5) is 13.8. The van der Waals surface area contributed by atoms with Gasteiger partial charge in [-0.2, -0.15) is 0 Å². The SMILES string of the molecule is CCCc1ccc(S(=O)(=O)NNC(=O)COc2ccc(Cl)cc2)cc1. The molecule has 2 rings (SSSR count). The summed E-state index contributed by atoms with van der Waals surface area (Å²) in [6.45, 7) is 1.72. The van der Waals surface area contributed by atoms with E-state index in [0.717, 1.165) is 18.4 Å². The number of hydrogen-bond acceptors (Lipinski definition) is 4. The molecule has 6 nitrogen and oxygen atoms in total. The van der Waals surface area contributed by atoms with Gasteiger partial charge in [-0.05, 0) is 48.4 Å². The largest absolute Gasteiger partial charge is 0.484 e. The average Bonchev–Trinajstić information content (AvgIpc) is 2.60. The molecule has 134 valence electrons. The maximum absolute atomic E-state index is 12.1. The van der Waals surface area contributed by atoms with Crippen molar-refractivity contribution in [2.24, 2.45) is 0 Å². The van der Waals surface area contributed by atoms with E-state index in [4.69, 9.17) is 16.3 Å². The number of carbonyl (C=O) groups is 1. The van der Waals surface area contributed by atoms with Crippen molar-refractivity contribution < 1.29 is 17.9 Å². The Balaban J connectivity index is 1.85. The molecule has 2 N–H and O–H groups in total. The van der Waals surface area contributed by atoms with Crippen molar-refractivity contribution >= 4 is 27.5 Å². The molecule has 0 saturated carbocycles. The number of sulfonamides is 1. The van der Waals surface area contributed by atoms with Gasteiger partial charge in [0.1, 0.15) is 5.75 Å². The van der Waals surface area contributed by atoms with Gasteiger partial charge in [0.2, 0.25) is 0 Å². The number of carbonyl (C=O) groups excluding carboxylic acids is 1. The Morgan fingerprint density at radius 3 is 2.32 bits per heavy atom. The second-order valence-electron chi connectivity index (χ2n) is 5.29. The van der Waals surface area contributed by atoms with Crippen molar-refractivity contribution in [1.82, 2.24) is 10.3 Å². The van der Waals surface area contributed by atoms with Crippen LogP contribution in [0.2, 0.25) is 5.02 Å². The van der Waals surface area contributed by atoms with E-state index < -0.39 is 15.9 Å². The Bertz CT molecular complexity index is 806. The molecule has 0 aromatic heterocycles. The number of rotatable bonds is 8. The number of hydrazine groups is 1. The summed E-state index contributed by atoms with van der Waals surface area (Å²) in [5.41, 5.74) is 3.17. The van der Waals surface area contributed by atoms with Crippen LogP contribution >= 0.6 is 11.6 Å². The second-order valence-corrected chi connectivity index (χ2v) is 7.41. The topological polar surface area (TPSA) is 84.5 Å². The molecule has 0 spiro atoms. The summed E-state index contributed by atoms with van der Waals surface area (Å²) in [7, 11) is -3.83. The van der Waals surface area contributed by atoms with Gasteiger partial charge in [0.15, 0.2) is 6.61 Å². The zero-order chi connectivity index (χ0) is 18.3. The van der Waals surface area contributed by atoms with Crippen LogP contribution in [0.25, 0.3) is 0 Å². The summed E-state index contributed by atoms with van der Waals surface area (Å²) < 4.78 is 29.5. The lowest BCUT2D eigenvalue weighted by Gasteiger charge is -2.10. The molecule has 0 unspecified atom stereocenters. The predicted molar refractivity (Wildman–Crippen MR) is 95.8 cm³/mol. The summed E-state index contributed by atoms with van der Waals surface area (Å²) >= 11 is 5.75. The summed E-state index contributed by atoms with van der Waals surface area (Å²) in [5, 5.41) is 0.550. The first-order valence-corrected chi connectivity index (χ1v) is 9.55. The highest BCUT2D eigenvalue weighted by Crippen LogP contribution is 2.15. The number of nitrogens with one attached hydrogen (secondary N) is 2. The molecular formula is C17H19ClN2O4S. The molecule has 0 atom stereocenters. The summed E-state index contributed by atoms with van der Waals surface area (Å²) in [5.74, 6) is -0.171. The molecule has 2 aromatic carbocycles. The lowest BCUT2D eigenvalue weighted by Crippen LogP contribution is -2.43. The smallest absolute Gasteiger partial charge is 0.272 e. The first-order chi connectivity index (χ1) is 11.9. The van der Waals surface area contributed by atoms with Gasteiger partial charge < -0.3 is 4.74 Å². The summed E-state index contributed by atoms with van der Waals surface area (Å²) in [6, 6.07) is 13.0. The zero-order valence-electron chi connectivity index (χ0n) is 13.7. The highest BCUT2D eigenvalue weighted by Gasteiger charge is 2.15. The van der Waals surface area contributed by atoms with Crippen molar-refractivity contribution in [1.29, 1.82) is 0 Å². The second kappa shape index (κ2) is 8.84. The van der Waals surface area contributed by atoms with E-state index in [2.05, 4.69) is 5.43 Å². The van der Waals surface area contributed by atoms with Gasteiger partial charge in [-0.25, -0.2) is 8.42 Å². The minimum Gasteiger partial charge on any atom is -0.484 e. The molecule has 0 bridgehead atoms. The van der Waals surface area contributed by atoms with Gasteiger partial charge in [-0.1, -0.05) is 37.1 Å². The van der Waals surface area contributed by atoms with E-state index in [1.54, 1.807) is 36.4 Å². The maximum Gasteiger partial charge on any atom is 0.272 e. The Morgan fingerprint density at radius 2 is 1.72 bits per heavy atom. The van der Waals surface area contributed by atoms with Crippen LogP contribution < -0.4 is 15.0 Å². The summed E-state index contributed by atoms with van der Waals surface area (Å²) in [6.07, 6.45) is 1.86. The standard InChI is InChI=1S/C17H19ClN2O4S/c1-2-3-13-4-10-16(11-5-13)25(22,23)20-19-17(21)12-24-15-8-6-14(18)7-9-15/h4-11,20H,2-3,12H2,1H3,(H,19,21). The van der Waals surface area contributed by atoms with Crippen molar-refractivity contribution in [2.75, 3.05) is 6.61 Å². The van der Waals surface area contributed by atoms with E-state index in [1.807, 2.05) is 11.8 Å². The third-order valence-corrected chi connectivity index (χ3v) is 4.80. The third kappa shape index (κ3) is 6.04. The van der Waals surface area contributed by atoms with Crippen LogP contribution in [0.1, 0.15) is 18.9 Å². The highest BCUT2D eigenvalue weighted by atomic mass is 35.5. The first-order valence-electron chi connectivity index (χ1n) is 7.68. The Morgan fingerprint density at radius 1 is 1.08 bits per heavy atom. The fourth-order valence-electron chi connectivity index (χ4n) is 2.02. The number of aryl methyl sites for hydroxylation is 1. The van der Waals surface area contributed by atoms with Crippen LogP contribution in [-0.4, -0.2) is 20.9 Å². The van der Waals surface area contributed by atoms with Gasteiger partial charge >= 0.3 is 0 Å². The molecule has 1 amide bonds. The van der Waals surface area contributed by atoms with Gasteiger partial charge in [0.25, 0.3) is 15.9 Å². The van der Waals surface area contributed by atoms with Gasteiger partial charge in [0.05, 0.1) is 4.90 Å². The minimum absolute atomic E-state index is 0.0753. The van der Waals surface area contributed by atoms with Crippen molar-refractivity contribution in [3.05, 3.63) is 59.1 Å². The fraction of sp³-hybridized carbons (Fsp3) is 0.235. The van der Waals surface area contributed by atoms with E-state index in [0.29, 0.717) is 10.8 Å². The molecule has 25 heavy (non-hydrogen) atoms. The quantitative estimate of drug-likeness (QED) is 0.687. The molecule has 0 aliphatic heterocycles. The zero-order valence-corrected chi connectivity index (χ0v) is 15.2. The Hall–Kier alpha value is -2.09. The molecule has 0 aliphatic rings. The van der Waals surface area contributed by atoms with Crippen molar-refractivity contribution in [2.45, 2.75) is 24.7 Å². The number of ether oxygens (including phenoxy) is 1. The third-order valence-electron chi connectivity index (χ3n) is 3.28. The van der Waals surface area contributed by atoms with Crippen LogP contribution in [0.15, 0.2) is 53.4 Å². The minimum atomic E-state index is -3.83. The monoisotopic (exact) mass is 382 g/mol. The Labute approximate surface area is 152 Å². The molecule has 0 fully saturated rings. The number of amides is 1. The van der Waals surface area contributed by atoms with Crippen LogP contribution in [-0.2, 0) is 21.2 Å². The van der Waals surface area contributed by atoms with Crippen LogP contribution in [0.5, 0.6) is 5.75 Å². The average molecular weight is 383 g/mol. The molecular weight excluding hydrogens is 364 g/mol. The number of hydrogen-bond donors (Lipinski definition) is 2. The fourth-order valence-corrected chi connectivity index (χ4v) is 3.01. The molecule has 0 radical (unpaired) electrons. The van der Waals surface area contributed by atoms with E-state index in [1.165, 1.54) is 12.1 Å². The molecule has 0 saturated heterocycles. The lowest BCUT2D eigenvalue weighted by molar-refractivity contribution is -0.123. The lowest BCUT2D eigenvalue weighted by atomic mass is 10.1. The van der Waals surface area contributed by atoms with Crippen LogP contribution in [0.3, 0.4) is 0 Å². The predicted octanol–water partition coefficient (Wildman–Crippen LogP) is 2.68. The van der Waals surface area contributed by atoms with E-state index in [9.17, 15) is 13.2 Å². The molecule has 0 heterocycles. The molecule has 0 aliphatic carbocycles. The van der Waals surface area contributed by atoms with Crippen molar-refractivity contribution in [3.8, 4) is 5.75 Å². The Kier molecular flexibility index (Phi) is 6.81. The maximum atomic E-state index is 12.1. The van der Waals surface area contributed by atoms with Crippen molar-refractivity contribution in [3.63, 3.8) is 0 Å². The van der Waals surface area contributed by atoms with Gasteiger partial charge in [0, 0.05) is 5.02 Å². The van der Waals surface area contributed by atoms with Crippen LogP contribution in [0.4, 0.5) is 0 Å². The first kappa shape index (κ1) is 19.2. The normalized spacial score (nSPS) is 11.1. The van der Waals surface area contributed by atoms with E-state index in [-0.39, 0.29) is 11.5 Å². The number of halogens is 1. The number of benzene rings is 2. The van der Waals surface area contributed by atoms with E-state index >= 15 is 0 Å². The van der Waals surface area contributed by atoms with Gasteiger partial charge in [-0.3, -0.25) is 10.2 Å². The van der Waals surface area contributed by atoms with Crippen LogP contribution in [0, 0.1) is 0 Å². The highest BCUT2D eigenvalue weighted by molar-refractivity contribution is 7.89.